The van der Waals surface area contributed by atoms with E-state index in [2.05, 4.69) is 5.43 Å². The molecule has 1 heterocycles. The van der Waals surface area contributed by atoms with E-state index in [0.717, 1.165) is 16.0 Å². The molecular formula is C13H14N4O3S. The number of nitrogens with zero attached hydrogens (tertiary/aromatic N) is 1. The van der Waals surface area contributed by atoms with E-state index in [1.54, 1.807) is 37.3 Å². The van der Waals surface area contributed by atoms with E-state index >= 15 is 0 Å². The number of nitrogens with two attached hydrogens (primary N) is 1. The number of carbonyl (C=O) groups is 2. The van der Waals surface area contributed by atoms with Gasteiger partial charge in [0.15, 0.2) is 10.7 Å². The number of carbonyl (C=O) groups excluding carboxylic acids is 2. The van der Waals surface area contributed by atoms with E-state index in [9.17, 15) is 9.59 Å². The lowest BCUT2D eigenvalue weighted by molar-refractivity contribution is 0.0532. The van der Waals surface area contributed by atoms with E-state index in [4.69, 9.17) is 15.9 Å². The van der Waals surface area contributed by atoms with Crippen molar-refractivity contribution in [1.29, 1.82) is 5.41 Å². The predicted octanol–water partition coefficient (Wildman–Crippen LogP) is 1.17. The quantitative estimate of drug-likeness (QED) is 0.736. The molecule has 0 aliphatic rings. The van der Waals surface area contributed by atoms with Crippen molar-refractivity contribution >= 4 is 29.0 Å². The molecule has 4 N–H and O–H groups in total. The number of anilines is 1. The third-order valence-electron chi connectivity index (χ3n) is 2.59. The van der Waals surface area contributed by atoms with Gasteiger partial charge in [-0.15, -0.1) is 0 Å². The van der Waals surface area contributed by atoms with Gasteiger partial charge in [0.1, 0.15) is 0 Å². The summed E-state index contributed by atoms with van der Waals surface area (Å²) in [7, 11) is 0. The second kappa shape index (κ2) is 6.23. The molecule has 0 bridgehead atoms. The van der Waals surface area contributed by atoms with Crippen molar-refractivity contribution < 1.29 is 14.3 Å². The largest absolute Gasteiger partial charge is 0.462 e. The fourth-order valence-corrected chi connectivity index (χ4v) is 2.38. The first-order valence-corrected chi connectivity index (χ1v) is 6.95. The minimum absolute atomic E-state index is 0.0206. The Bertz CT molecular complexity index is 721. The topological polar surface area (TPSA) is 110 Å². The van der Waals surface area contributed by atoms with Gasteiger partial charge >= 0.3 is 5.97 Å². The Morgan fingerprint density at radius 2 is 2.05 bits per heavy atom. The monoisotopic (exact) mass is 306 g/mol. The van der Waals surface area contributed by atoms with Crippen molar-refractivity contribution in [2.75, 3.05) is 17.8 Å². The first-order chi connectivity index (χ1) is 10.0. The highest BCUT2D eigenvalue weighted by molar-refractivity contribution is 7.11. The van der Waals surface area contributed by atoms with Crippen molar-refractivity contribution in [3.8, 4) is 0 Å². The fraction of sp³-hybridized carbons (Fsp3) is 0.154. The average Bonchev–Trinajstić information content (AvgIpc) is 2.76. The average molecular weight is 306 g/mol. The molecule has 0 atom stereocenters. The number of rotatable bonds is 4. The Morgan fingerprint density at radius 3 is 2.67 bits per heavy atom. The zero-order valence-electron chi connectivity index (χ0n) is 11.3. The van der Waals surface area contributed by atoms with E-state index in [0.29, 0.717) is 5.56 Å². The van der Waals surface area contributed by atoms with Gasteiger partial charge in [0, 0.05) is 5.56 Å². The zero-order valence-corrected chi connectivity index (χ0v) is 12.1. The molecule has 0 radical (unpaired) electrons. The van der Waals surface area contributed by atoms with Gasteiger partial charge in [-0.3, -0.25) is 15.6 Å². The number of hydrogen-bond donors (Lipinski definition) is 3. The normalized spacial score (nSPS) is 10.1. The molecule has 21 heavy (non-hydrogen) atoms. The molecule has 0 aliphatic heterocycles. The van der Waals surface area contributed by atoms with Crippen LogP contribution in [0.4, 0.5) is 5.82 Å². The highest BCUT2D eigenvalue weighted by Gasteiger charge is 2.19. The fourth-order valence-electron chi connectivity index (χ4n) is 1.62. The van der Waals surface area contributed by atoms with Crippen molar-refractivity contribution in [3.63, 3.8) is 0 Å². The van der Waals surface area contributed by atoms with Gasteiger partial charge in [0.05, 0.1) is 6.61 Å². The maximum absolute atomic E-state index is 12.0. The third-order valence-corrected chi connectivity index (χ3v) is 3.54. The molecule has 0 unspecified atom stereocenters. The summed E-state index contributed by atoms with van der Waals surface area (Å²) >= 11 is 0.842. The van der Waals surface area contributed by atoms with Crippen LogP contribution in [-0.4, -0.2) is 23.2 Å². The Labute approximate surface area is 124 Å². The second-order valence-electron chi connectivity index (χ2n) is 3.98. The van der Waals surface area contributed by atoms with Crippen LogP contribution in [0.1, 0.15) is 27.0 Å². The molecule has 0 saturated carbocycles. The summed E-state index contributed by atoms with van der Waals surface area (Å²) in [5.41, 5.74) is 8.70. The lowest BCUT2D eigenvalue weighted by Gasteiger charge is -2.08. The minimum atomic E-state index is -0.610. The van der Waals surface area contributed by atoms with Crippen LogP contribution in [0.5, 0.6) is 0 Å². The molecule has 7 nitrogen and oxygen atoms in total. The molecule has 0 aliphatic carbocycles. The Kier molecular flexibility index (Phi) is 4.39. The van der Waals surface area contributed by atoms with Gasteiger partial charge in [0.25, 0.3) is 5.91 Å². The second-order valence-corrected chi connectivity index (χ2v) is 4.98. The summed E-state index contributed by atoms with van der Waals surface area (Å²) in [6.45, 7) is 1.88. The maximum Gasteiger partial charge on any atom is 0.352 e. The summed E-state index contributed by atoms with van der Waals surface area (Å²) < 4.78 is 5.91. The van der Waals surface area contributed by atoms with Crippen LogP contribution < -0.4 is 16.0 Å². The number of nitrogen functional groups attached to an aromatic ring is 1. The van der Waals surface area contributed by atoms with Crippen molar-refractivity contribution in [1.82, 2.24) is 4.68 Å². The van der Waals surface area contributed by atoms with E-state index in [-0.39, 0.29) is 22.1 Å². The number of thiazole rings is 1. The molecule has 110 valence electrons. The third kappa shape index (κ3) is 3.11. The lowest BCUT2D eigenvalue weighted by Crippen LogP contribution is -2.31. The number of benzene rings is 1. The predicted molar refractivity (Wildman–Crippen MR) is 78.7 cm³/mol. The zero-order chi connectivity index (χ0) is 15.4. The van der Waals surface area contributed by atoms with Crippen LogP contribution in [0, 0.1) is 5.41 Å². The molecule has 1 aromatic carbocycles. The standard InChI is InChI=1S/C13H14N4O3S/c1-2-20-12(19)9-10(14)17(13(15)21-9)16-11(18)8-6-4-3-5-7-8/h3-7,15H,2,14H2,1H3,(H,16,18). The number of hydrogen-bond acceptors (Lipinski definition) is 6. The van der Waals surface area contributed by atoms with Crippen LogP contribution in [-0.2, 0) is 4.74 Å². The van der Waals surface area contributed by atoms with Gasteiger partial charge in [0.2, 0.25) is 4.80 Å². The SMILES string of the molecule is CCOC(=O)c1sc(=N)n(NC(=O)c2ccccc2)c1N. The summed E-state index contributed by atoms with van der Waals surface area (Å²) in [5.74, 6) is -1.05. The number of amides is 1. The van der Waals surface area contributed by atoms with Crippen LogP contribution >= 0.6 is 11.3 Å². The van der Waals surface area contributed by atoms with Crippen molar-refractivity contribution in [3.05, 3.63) is 45.6 Å². The summed E-state index contributed by atoms with van der Waals surface area (Å²) in [6, 6.07) is 8.50. The van der Waals surface area contributed by atoms with E-state index < -0.39 is 11.9 Å². The molecule has 0 fully saturated rings. The van der Waals surface area contributed by atoms with Gasteiger partial charge < -0.3 is 10.5 Å². The minimum Gasteiger partial charge on any atom is -0.462 e. The number of nitrogens with one attached hydrogen (secondary N) is 2. The highest BCUT2D eigenvalue weighted by atomic mass is 32.1. The molecule has 0 saturated heterocycles. The summed E-state index contributed by atoms with van der Waals surface area (Å²) in [5, 5.41) is 7.79. The van der Waals surface area contributed by atoms with Gasteiger partial charge in [-0.2, -0.15) is 0 Å². The molecule has 2 aromatic rings. The van der Waals surface area contributed by atoms with Gasteiger partial charge in [-0.05, 0) is 19.1 Å². The smallest absolute Gasteiger partial charge is 0.352 e. The number of ether oxygens (including phenoxy) is 1. The molecule has 2 rings (SSSR count). The summed E-state index contributed by atoms with van der Waals surface area (Å²) in [6.07, 6.45) is 0. The Balaban J connectivity index is 2.27. The van der Waals surface area contributed by atoms with Crippen LogP contribution in [0.15, 0.2) is 30.3 Å². The maximum atomic E-state index is 12.0. The number of aromatic nitrogens is 1. The Morgan fingerprint density at radius 1 is 1.38 bits per heavy atom. The van der Waals surface area contributed by atoms with Gasteiger partial charge in [-0.1, -0.05) is 29.5 Å². The summed E-state index contributed by atoms with van der Waals surface area (Å²) in [4.78, 5) is 23.7. The van der Waals surface area contributed by atoms with Gasteiger partial charge in [-0.25, -0.2) is 9.47 Å². The van der Waals surface area contributed by atoms with Crippen molar-refractivity contribution in [2.24, 2.45) is 0 Å². The first kappa shape index (κ1) is 14.8. The highest BCUT2D eigenvalue weighted by Crippen LogP contribution is 2.15. The van der Waals surface area contributed by atoms with E-state index in [1.165, 1.54) is 0 Å². The lowest BCUT2D eigenvalue weighted by atomic mass is 10.2. The molecule has 1 aromatic heterocycles. The van der Waals surface area contributed by atoms with E-state index in [1.807, 2.05) is 0 Å². The van der Waals surface area contributed by atoms with Crippen LogP contribution in [0.3, 0.4) is 0 Å². The van der Waals surface area contributed by atoms with Crippen molar-refractivity contribution in [2.45, 2.75) is 6.92 Å². The molecular weight excluding hydrogens is 292 g/mol. The number of esters is 1. The van der Waals surface area contributed by atoms with Crippen LogP contribution in [0.2, 0.25) is 0 Å². The van der Waals surface area contributed by atoms with Crippen LogP contribution in [0.25, 0.3) is 0 Å². The first-order valence-electron chi connectivity index (χ1n) is 6.14. The molecule has 1 amide bonds. The molecule has 0 spiro atoms. The Hall–Kier alpha value is -2.61. The molecule has 8 heteroatoms.